The van der Waals surface area contributed by atoms with Crippen LogP contribution in [0, 0.1) is 11.3 Å². The van der Waals surface area contributed by atoms with Crippen molar-refractivity contribution in [1.82, 2.24) is 9.88 Å². The van der Waals surface area contributed by atoms with E-state index in [2.05, 4.69) is 10.3 Å². The van der Waals surface area contributed by atoms with Gasteiger partial charge in [-0.1, -0.05) is 6.92 Å². The molecule has 1 aromatic rings. The van der Waals surface area contributed by atoms with Gasteiger partial charge in [0.1, 0.15) is 11.8 Å². The van der Waals surface area contributed by atoms with Crippen molar-refractivity contribution < 1.29 is 9.90 Å². The van der Waals surface area contributed by atoms with Gasteiger partial charge in [0.15, 0.2) is 0 Å². The number of hydrogen-bond donors (Lipinski definition) is 2. The number of aromatic nitrogens is 1. The Kier molecular flexibility index (Phi) is 4.53. The van der Waals surface area contributed by atoms with Gasteiger partial charge in [-0.3, -0.25) is 9.69 Å². The van der Waals surface area contributed by atoms with Crippen molar-refractivity contribution in [3.8, 4) is 6.07 Å². The number of rotatable bonds is 6. The lowest BCUT2D eigenvalue weighted by molar-refractivity contribution is -0.139. The Balaban J connectivity index is 1.81. The summed E-state index contributed by atoms with van der Waals surface area (Å²) in [5.41, 5.74) is 1.30. The lowest BCUT2D eigenvalue weighted by Gasteiger charge is -2.42. The van der Waals surface area contributed by atoms with E-state index in [1.54, 1.807) is 12.3 Å². The molecule has 1 aliphatic carbocycles. The van der Waals surface area contributed by atoms with E-state index in [9.17, 15) is 4.79 Å². The van der Waals surface area contributed by atoms with Crippen molar-refractivity contribution in [3.63, 3.8) is 0 Å². The Bertz CT molecular complexity index is 503. The molecule has 0 aliphatic heterocycles. The van der Waals surface area contributed by atoms with Gasteiger partial charge in [-0.15, -0.1) is 0 Å². The zero-order valence-electron chi connectivity index (χ0n) is 11.4. The van der Waals surface area contributed by atoms with Gasteiger partial charge < -0.3 is 10.4 Å². The van der Waals surface area contributed by atoms with Crippen molar-refractivity contribution in [3.05, 3.63) is 24.0 Å². The van der Waals surface area contributed by atoms with Gasteiger partial charge in [0.05, 0.1) is 18.4 Å². The van der Waals surface area contributed by atoms with Crippen molar-refractivity contribution in [2.45, 2.75) is 31.8 Å². The first-order chi connectivity index (χ1) is 9.62. The summed E-state index contributed by atoms with van der Waals surface area (Å²) in [6.45, 7) is 2.84. The van der Waals surface area contributed by atoms with Crippen LogP contribution in [0.1, 0.15) is 25.5 Å². The van der Waals surface area contributed by atoms with E-state index in [4.69, 9.17) is 10.4 Å². The summed E-state index contributed by atoms with van der Waals surface area (Å²) in [7, 11) is 0. The van der Waals surface area contributed by atoms with E-state index in [-0.39, 0.29) is 6.54 Å². The van der Waals surface area contributed by atoms with E-state index in [0.717, 1.165) is 25.1 Å². The Morgan fingerprint density at radius 1 is 1.60 bits per heavy atom. The number of carbonyl (C=O) groups is 1. The molecule has 106 valence electrons. The predicted molar refractivity (Wildman–Crippen MR) is 74.3 cm³/mol. The number of hydrogen-bond acceptors (Lipinski definition) is 5. The zero-order chi connectivity index (χ0) is 14.5. The first kappa shape index (κ1) is 14.3. The molecule has 2 rings (SSSR count). The summed E-state index contributed by atoms with van der Waals surface area (Å²) in [6.07, 6.45) is 3.52. The van der Waals surface area contributed by atoms with Crippen molar-refractivity contribution in [2.24, 2.45) is 0 Å². The highest BCUT2D eigenvalue weighted by Gasteiger charge is 2.33. The molecule has 0 saturated heterocycles. The molecule has 1 saturated carbocycles. The molecule has 0 radical (unpaired) electrons. The molecule has 0 amide bonds. The van der Waals surface area contributed by atoms with Crippen LogP contribution in [0.4, 0.5) is 5.69 Å². The van der Waals surface area contributed by atoms with Crippen LogP contribution in [0.25, 0.3) is 0 Å². The second-order valence-electron chi connectivity index (χ2n) is 4.97. The minimum atomic E-state index is -0.778. The van der Waals surface area contributed by atoms with Crippen LogP contribution < -0.4 is 5.32 Å². The largest absolute Gasteiger partial charge is 0.480 e. The van der Waals surface area contributed by atoms with Gasteiger partial charge in [0.25, 0.3) is 0 Å². The maximum Gasteiger partial charge on any atom is 0.317 e. The summed E-state index contributed by atoms with van der Waals surface area (Å²) < 4.78 is 0. The summed E-state index contributed by atoms with van der Waals surface area (Å²) in [5, 5.41) is 20.9. The van der Waals surface area contributed by atoms with Crippen molar-refractivity contribution >= 4 is 11.7 Å². The molecule has 0 bridgehead atoms. The summed E-state index contributed by atoms with van der Waals surface area (Å²) in [6, 6.07) is 6.18. The molecule has 0 spiro atoms. The highest BCUT2D eigenvalue weighted by Crippen LogP contribution is 2.28. The number of pyridine rings is 1. The fourth-order valence-corrected chi connectivity index (χ4v) is 2.46. The highest BCUT2D eigenvalue weighted by molar-refractivity contribution is 5.69. The number of likely N-dealkylation sites (N-methyl/N-ethyl adjacent to an activating group) is 1. The van der Waals surface area contributed by atoms with E-state index in [1.165, 1.54) is 0 Å². The molecule has 0 atom stereocenters. The summed E-state index contributed by atoms with van der Waals surface area (Å²) >= 11 is 0. The molecule has 1 heterocycles. The van der Waals surface area contributed by atoms with Gasteiger partial charge in [-0.25, -0.2) is 4.98 Å². The van der Waals surface area contributed by atoms with E-state index >= 15 is 0 Å². The number of nitrogens with one attached hydrogen (secondary N) is 1. The van der Waals surface area contributed by atoms with Crippen molar-refractivity contribution in [2.75, 3.05) is 18.4 Å². The predicted octanol–water partition coefficient (Wildman–Crippen LogP) is 1.30. The fraction of sp³-hybridized carbons (Fsp3) is 0.500. The average Bonchev–Trinajstić information content (AvgIpc) is 2.40. The first-order valence-corrected chi connectivity index (χ1v) is 6.71. The Morgan fingerprint density at radius 2 is 2.35 bits per heavy atom. The zero-order valence-corrected chi connectivity index (χ0v) is 11.4. The van der Waals surface area contributed by atoms with Gasteiger partial charge >= 0.3 is 5.97 Å². The van der Waals surface area contributed by atoms with E-state index in [1.807, 2.05) is 24.0 Å². The number of anilines is 1. The molecule has 20 heavy (non-hydrogen) atoms. The fourth-order valence-electron chi connectivity index (χ4n) is 2.46. The van der Waals surface area contributed by atoms with Crippen LogP contribution in [0.3, 0.4) is 0 Å². The summed E-state index contributed by atoms with van der Waals surface area (Å²) in [4.78, 5) is 16.7. The maximum absolute atomic E-state index is 10.8. The normalized spacial score (nSPS) is 21.1. The third-order valence-electron chi connectivity index (χ3n) is 3.62. The molecule has 0 aromatic carbocycles. The number of carboxylic acids is 1. The van der Waals surface area contributed by atoms with Crippen LogP contribution in [-0.4, -0.2) is 46.1 Å². The Labute approximate surface area is 118 Å². The first-order valence-electron chi connectivity index (χ1n) is 6.71. The van der Waals surface area contributed by atoms with E-state index < -0.39 is 5.97 Å². The molecular weight excluding hydrogens is 256 g/mol. The van der Waals surface area contributed by atoms with Gasteiger partial charge in [0, 0.05) is 12.1 Å². The topological polar surface area (TPSA) is 89.3 Å². The SMILES string of the molecule is CCN(CC(=O)O)C1CC(Nc2ccc(C#N)nc2)C1. The standard InChI is InChI=1S/C14H18N4O2/c1-2-18(9-14(19)20)13-5-12(6-13)17-11-4-3-10(7-15)16-8-11/h3-4,8,12-13,17H,2,5-6,9H2,1H3,(H,19,20). The third-order valence-corrected chi connectivity index (χ3v) is 3.62. The van der Waals surface area contributed by atoms with Crippen LogP contribution in [-0.2, 0) is 4.79 Å². The van der Waals surface area contributed by atoms with Crippen LogP contribution in [0.15, 0.2) is 18.3 Å². The number of nitrogens with zero attached hydrogens (tertiary/aromatic N) is 3. The van der Waals surface area contributed by atoms with Crippen LogP contribution >= 0.6 is 0 Å². The quantitative estimate of drug-likeness (QED) is 0.812. The molecule has 0 unspecified atom stereocenters. The molecule has 6 heteroatoms. The van der Waals surface area contributed by atoms with Crippen LogP contribution in [0.2, 0.25) is 0 Å². The smallest absolute Gasteiger partial charge is 0.317 e. The molecule has 1 aromatic heterocycles. The van der Waals surface area contributed by atoms with E-state index in [0.29, 0.717) is 17.8 Å². The second kappa shape index (κ2) is 6.35. The second-order valence-corrected chi connectivity index (χ2v) is 4.97. The minimum absolute atomic E-state index is 0.103. The lowest BCUT2D eigenvalue weighted by Crippen LogP contribution is -2.51. The summed E-state index contributed by atoms with van der Waals surface area (Å²) in [5.74, 6) is -0.778. The number of carboxylic acid groups (broad SMARTS) is 1. The monoisotopic (exact) mass is 274 g/mol. The Hall–Kier alpha value is -2.13. The Morgan fingerprint density at radius 3 is 2.85 bits per heavy atom. The lowest BCUT2D eigenvalue weighted by atomic mass is 9.85. The molecule has 1 aliphatic rings. The number of nitriles is 1. The maximum atomic E-state index is 10.8. The molecule has 6 nitrogen and oxygen atoms in total. The van der Waals surface area contributed by atoms with Crippen LogP contribution in [0.5, 0.6) is 0 Å². The third kappa shape index (κ3) is 3.45. The molecule has 2 N–H and O–H groups in total. The molecular formula is C14H18N4O2. The average molecular weight is 274 g/mol. The van der Waals surface area contributed by atoms with Gasteiger partial charge in [-0.05, 0) is 31.5 Å². The molecule has 1 fully saturated rings. The number of aliphatic carboxylic acids is 1. The highest BCUT2D eigenvalue weighted by atomic mass is 16.4. The van der Waals surface area contributed by atoms with Gasteiger partial charge in [-0.2, -0.15) is 5.26 Å². The van der Waals surface area contributed by atoms with Gasteiger partial charge in [0.2, 0.25) is 0 Å². The van der Waals surface area contributed by atoms with Crippen molar-refractivity contribution in [1.29, 1.82) is 5.26 Å². The minimum Gasteiger partial charge on any atom is -0.480 e.